The Kier molecular flexibility index (Phi) is 30.6. The molecule has 0 unspecified atom stereocenters. The van der Waals surface area contributed by atoms with Gasteiger partial charge in [0.05, 0.1) is 0 Å². The van der Waals surface area contributed by atoms with Crippen molar-refractivity contribution in [2.24, 2.45) is 5.73 Å². The molecule has 0 aliphatic heterocycles. The Bertz CT molecular complexity index is 563. The quantitative estimate of drug-likeness (QED) is 0.0501. The summed E-state index contributed by atoms with van der Waals surface area (Å²) in [4.78, 5) is 24.3. The van der Waals surface area contributed by atoms with E-state index in [9.17, 15) is 14.2 Å². The molecular weight excluding hydrogens is 513 g/mol. The van der Waals surface area contributed by atoms with Crippen LogP contribution in [0.4, 0.5) is 0 Å². The SMILES string of the molecule is CCCCCCCCCCCCC(=O)O[C@@H](COP=O)COC(=O)CCCCCCCCCCCCCCN. The van der Waals surface area contributed by atoms with E-state index in [0.29, 0.717) is 12.8 Å². The van der Waals surface area contributed by atoms with Gasteiger partial charge in [0.25, 0.3) is 0 Å². The van der Waals surface area contributed by atoms with Crippen LogP contribution in [0.2, 0.25) is 0 Å². The average molecular weight is 574 g/mol. The number of unbranched alkanes of at least 4 members (excludes halogenated alkanes) is 20. The molecule has 0 heterocycles. The first kappa shape index (κ1) is 38.0. The molecule has 0 saturated heterocycles. The lowest BCUT2D eigenvalue weighted by atomic mass is 10.0. The molecule has 2 N–H and O–H groups in total. The van der Waals surface area contributed by atoms with Crippen LogP contribution in [0.15, 0.2) is 0 Å². The van der Waals surface area contributed by atoms with E-state index in [1.165, 1.54) is 96.3 Å². The van der Waals surface area contributed by atoms with Crippen molar-refractivity contribution in [1.29, 1.82) is 0 Å². The van der Waals surface area contributed by atoms with E-state index >= 15 is 0 Å². The molecule has 1 atom stereocenters. The summed E-state index contributed by atoms with van der Waals surface area (Å²) >= 11 is 0. The van der Waals surface area contributed by atoms with E-state index < -0.39 is 14.8 Å². The number of ether oxygens (including phenoxy) is 2. The molecule has 0 spiro atoms. The van der Waals surface area contributed by atoms with Crippen molar-refractivity contribution in [2.45, 2.75) is 167 Å². The smallest absolute Gasteiger partial charge is 0.327 e. The van der Waals surface area contributed by atoms with Crippen molar-refractivity contribution < 1.29 is 28.2 Å². The van der Waals surface area contributed by atoms with Gasteiger partial charge in [0.2, 0.25) is 0 Å². The van der Waals surface area contributed by atoms with E-state index in [1.807, 2.05) is 0 Å². The van der Waals surface area contributed by atoms with Gasteiger partial charge in [-0.25, -0.2) is 4.57 Å². The van der Waals surface area contributed by atoms with Crippen molar-refractivity contribution in [3.8, 4) is 0 Å². The molecule has 230 valence electrons. The summed E-state index contributed by atoms with van der Waals surface area (Å²) < 4.78 is 26.3. The van der Waals surface area contributed by atoms with Gasteiger partial charge in [0.1, 0.15) is 13.2 Å². The summed E-state index contributed by atoms with van der Waals surface area (Å²) in [6.45, 7) is 2.92. The molecule has 8 heteroatoms. The largest absolute Gasteiger partial charge is 0.462 e. The monoisotopic (exact) mass is 573 g/mol. The molecule has 0 saturated carbocycles. The standard InChI is InChI=1S/C31H60NO6P/c1-2-3-4-5-6-7-12-16-19-22-25-31(34)38-29(28-37-39-35)27-36-30(33)24-21-18-15-13-10-8-9-11-14-17-20-23-26-32/h29H,2-28,32H2,1H3/t29-/m1/s1. The summed E-state index contributed by atoms with van der Waals surface area (Å²) in [6.07, 6.45) is 26.4. The summed E-state index contributed by atoms with van der Waals surface area (Å²) in [7, 11) is -0.485. The van der Waals surface area contributed by atoms with Crippen LogP contribution in [0.5, 0.6) is 0 Å². The van der Waals surface area contributed by atoms with Crippen LogP contribution in [0.3, 0.4) is 0 Å². The topological polar surface area (TPSA) is 105 Å². The minimum Gasteiger partial charge on any atom is -0.462 e. The fraction of sp³-hybridized carbons (Fsp3) is 0.935. The predicted octanol–water partition coefficient (Wildman–Crippen LogP) is 9.01. The van der Waals surface area contributed by atoms with Gasteiger partial charge in [-0.3, -0.25) is 14.1 Å². The molecule has 0 aromatic rings. The van der Waals surface area contributed by atoms with Crippen molar-refractivity contribution in [3.05, 3.63) is 0 Å². The highest BCUT2D eigenvalue weighted by Crippen LogP contribution is 2.14. The van der Waals surface area contributed by atoms with Crippen LogP contribution in [-0.4, -0.2) is 37.8 Å². The Balaban J connectivity index is 3.76. The number of hydrogen-bond acceptors (Lipinski definition) is 7. The summed E-state index contributed by atoms with van der Waals surface area (Å²) in [6, 6.07) is 0. The second-order valence-corrected chi connectivity index (χ2v) is 11.3. The van der Waals surface area contributed by atoms with Gasteiger partial charge >= 0.3 is 20.6 Å². The molecule has 0 aliphatic carbocycles. The molecule has 7 nitrogen and oxygen atoms in total. The number of hydrogen-bond donors (Lipinski definition) is 1. The first-order chi connectivity index (χ1) is 19.1. The van der Waals surface area contributed by atoms with Crippen molar-refractivity contribution in [2.75, 3.05) is 19.8 Å². The van der Waals surface area contributed by atoms with Crippen LogP contribution in [0.1, 0.15) is 161 Å². The van der Waals surface area contributed by atoms with Gasteiger partial charge in [-0.2, -0.15) is 0 Å². The molecule has 0 aromatic heterocycles. The minimum absolute atomic E-state index is 0.0597. The third kappa shape index (κ3) is 29.8. The molecular formula is C31H60NO6P. The van der Waals surface area contributed by atoms with Gasteiger partial charge in [0, 0.05) is 12.8 Å². The molecule has 0 fully saturated rings. The molecule has 39 heavy (non-hydrogen) atoms. The molecule has 0 amide bonds. The summed E-state index contributed by atoms with van der Waals surface area (Å²) in [5.74, 6) is -0.617. The van der Waals surface area contributed by atoms with Crippen LogP contribution < -0.4 is 5.73 Å². The Labute approximate surface area is 241 Å². The van der Waals surface area contributed by atoms with E-state index in [1.54, 1.807) is 0 Å². The maximum absolute atomic E-state index is 12.2. The molecule has 0 bridgehead atoms. The Morgan fingerprint density at radius 2 is 1.00 bits per heavy atom. The van der Waals surface area contributed by atoms with Crippen LogP contribution in [0, 0.1) is 0 Å². The lowest BCUT2D eigenvalue weighted by Crippen LogP contribution is -2.28. The lowest BCUT2D eigenvalue weighted by molar-refractivity contribution is -0.160. The van der Waals surface area contributed by atoms with Gasteiger partial charge < -0.3 is 15.2 Å². The van der Waals surface area contributed by atoms with E-state index in [4.69, 9.17) is 19.7 Å². The van der Waals surface area contributed by atoms with Crippen molar-refractivity contribution in [3.63, 3.8) is 0 Å². The fourth-order valence-corrected chi connectivity index (χ4v) is 4.90. The fourth-order valence-electron chi connectivity index (χ4n) is 4.67. The van der Waals surface area contributed by atoms with Crippen molar-refractivity contribution >= 4 is 20.6 Å². The zero-order valence-corrected chi connectivity index (χ0v) is 26.0. The van der Waals surface area contributed by atoms with Crippen LogP contribution in [-0.2, 0) is 28.2 Å². The highest BCUT2D eigenvalue weighted by atomic mass is 31.1. The molecule has 0 aliphatic rings. The zero-order chi connectivity index (χ0) is 28.7. The van der Waals surface area contributed by atoms with E-state index in [2.05, 4.69) is 6.92 Å². The third-order valence-electron chi connectivity index (χ3n) is 7.11. The summed E-state index contributed by atoms with van der Waals surface area (Å²) in [5, 5.41) is 0. The Hall–Kier alpha value is -1.04. The third-order valence-corrected chi connectivity index (χ3v) is 7.37. The van der Waals surface area contributed by atoms with E-state index in [-0.39, 0.29) is 25.2 Å². The summed E-state index contributed by atoms with van der Waals surface area (Å²) in [5.41, 5.74) is 5.51. The molecule has 0 radical (unpaired) electrons. The maximum Gasteiger partial charge on any atom is 0.327 e. The maximum atomic E-state index is 12.2. The normalized spacial score (nSPS) is 12.1. The number of esters is 2. The second-order valence-electron chi connectivity index (χ2n) is 10.9. The van der Waals surface area contributed by atoms with Gasteiger partial charge in [0.15, 0.2) is 6.10 Å². The predicted molar refractivity (Wildman–Crippen MR) is 160 cm³/mol. The Morgan fingerprint density at radius 1 is 0.590 bits per heavy atom. The lowest BCUT2D eigenvalue weighted by Gasteiger charge is -2.16. The average Bonchev–Trinajstić information content (AvgIpc) is 2.93. The van der Waals surface area contributed by atoms with Gasteiger partial charge in [-0.05, 0) is 25.8 Å². The number of rotatable bonds is 31. The number of nitrogens with two attached hydrogens (primary N) is 1. The van der Waals surface area contributed by atoms with Gasteiger partial charge in [-0.15, -0.1) is 0 Å². The number of carbonyl (C=O) groups is 2. The van der Waals surface area contributed by atoms with Crippen molar-refractivity contribution in [1.82, 2.24) is 0 Å². The minimum atomic E-state index is -0.730. The van der Waals surface area contributed by atoms with Crippen LogP contribution >= 0.6 is 8.69 Å². The number of carbonyl (C=O) groups excluding carboxylic acids is 2. The van der Waals surface area contributed by atoms with E-state index in [0.717, 1.165) is 51.5 Å². The Morgan fingerprint density at radius 3 is 1.44 bits per heavy atom. The zero-order valence-electron chi connectivity index (χ0n) is 25.1. The first-order valence-corrected chi connectivity index (χ1v) is 16.9. The van der Waals surface area contributed by atoms with Crippen LogP contribution in [0.25, 0.3) is 0 Å². The van der Waals surface area contributed by atoms with Gasteiger partial charge in [-0.1, -0.05) is 129 Å². The molecule has 0 rings (SSSR count). The highest BCUT2D eigenvalue weighted by Gasteiger charge is 2.17. The first-order valence-electron chi connectivity index (χ1n) is 16.1. The second kappa shape index (κ2) is 31.5. The highest BCUT2D eigenvalue weighted by molar-refractivity contribution is 7.17. The molecule has 0 aromatic carbocycles.